The van der Waals surface area contributed by atoms with Crippen molar-refractivity contribution in [1.82, 2.24) is 4.98 Å². The standard InChI is InChI=1S/C25H30N2O4/c1-15-9-19(16(2)31-15)22-11-21(26-13-17-5-7-18(14-28)8-6-17)20-10-24(29-3)25(30-4)12-23(20)27-22/h9-12,14,17-18H,5-8,13H2,1-4H3,(H,26,27). The lowest BCUT2D eigenvalue weighted by Crippen LogP contribution is -2.21. The Bertz CT molecular complexity index is 1080. The number of hydrogen-bond donors (Lipinski definition) is 1. The molecule has 0 spiro atoms. The van der Waals surface area contributed by atoms with Crippen molar-refractivity contribution in [2.75, 3.05) is 26.1 Å². The van der Waals surface area contributed by atoms with Gasteiger partial charge >= 0.3 is 0 Å². The van der Waals surface area contributed by atoms with Crippen LogP contribution in [0.1, 0.15) is 37.2 Å². The van der Waals surface area contributed by atoms with E-state index >= 15 is 0 Å². The van der Waals surface area contributed by atoms with Gasteiger partial charge in [-0.05, 0) is 63.6 Å². The molecule has 0 unspecified atom stereocenters. The number of nitrogens with one attached hydrogen (secondary N) is 1. The normalized spacial score (nSPS) is 18.7. The van der Waals surface area contributed by atoms with E-state index in [1.165, 1.54) is 0 Å². The minimum Gasteiger partial charge on any atom is -0.493 e. The Balaban J connectivity index is 1.72. The number of benzene rings is 1. The van der Waals surface area contributed by atoms with Gasteiger partial charge in [-0.2, -0.15) is 0 Å². The Labute approximate surface area is 182 Å². The minimum absolute atomic E-state index is 0.230. The molecule has 1 fully saturated rings. The second-order valence-corrected chi connectivity index (χ2v) is 8.40. The summed E-state index contributed by atoms with van der Waals surface area (Å²) in [5, 5.41) is 4.65. The van der Waals surface area contributed by atoms with Crippen molar-refractivity contribution in [2.24, 2.45) is 11.8 Å². The van der Waals surface area contributed by atoms with Crippen LogP contribution < -0.4 is 14.8 Å². The summed E-state index contributed by atoms with van der Waals surface area (Å²) in [6, 6.07) is 8.00. The van der Waals surface area contributed by atoms with Gasteiger partial charge in [-0.15, -0.1) is 0 Å². The van der Waals surface area contributed by atoms with Crippen molar-refractivity contribution in [3.05, 3.63) is 35.8 Å². The molecule has 1 aromatic carbocycles. The van der Waals surface area contributed by atoms with Crippen molar-refractivity contribution < 1.29 is 18.7 Å². The van der Waals surface area contributed by atoms with E-state index < -0.39 is 0 Å². The second-order valence-electron chi connectivity index (χ2n) is 8.40. The molecule has 0 aliphatic heterocycles. The lowest BCUT2D eigenvalue weighted by molar-refractivity contribution is -0.112. The number of anilines is 1. The molecule has 3 aromatic rings. The highest BCUT2D eigenvalue weighted by Crippen LogP contribution is 2.38. The lowest BCUT2D eigenvalue weighted by atomic mass is 9.83. The number of aryl methyl sites for hydroxylation is 2. The van der Waals surface area contributed by atoms with Crippen molar-refractivity contribution in [3.63, 3.8) is 0 Å². The van der Waals surface area contributed by atoms with Gasteiger partial charge in [0.1, 0.15) is 17.8 Å². The zero-order valence-electron chi connectivity index (χ0n) is 18.7. The van der Waals surface area contributed by atoms with Crippen molar-refractivity contribution >= 4 is 22.9 Å². The van der Waals surface area contributed by atoms with Crippen LogP contribution in [0.2, 0.25) is 0 Å². The van der Waals surface area contributed by atoms with Crippen LogP contribution in [0.3, 0.4) is 0 Å². The molecule has 0 bridgehead atoms. The van der Waals surface area contributed by atoms with E-state index in [1.54, 1.807) is 14.2 Å². The fourth-order valence-electron chi connectivity index (χ4n) is 4.51. The van der Waals surface area contributed by atoms with E-state index in [2.05, 4.69) is 11.4 Å². The summed E-state index contributed by atoms with van der Waals surface area (Å²) in [7, 11) is 3.27. The summed E-state index contributed by atoms with van der Waals surface area (Å²) in [6.45, 7) is 4.77. The first kappa shape index (κ1) is 21.2. The molecule has 1 saturated carbocycles. The third-order valence-electron chi connectivity index (χ3n) is 6.30. The molecule has 6 nitrogen and oxygen atoms in total. The molecule has 164 valence electrons. The van der Waals surface area contributed by atoms with Crippen LogP contribution in [0.25, 0.3) is 22.2 Å². The maximum atomic E-state index is 11.1. The Morgan fingerprint density at radius 1 is 1.06 bits per heavy atom. The van der Waals surface area contributed by atoms with E-state index in [0.29, 0.717) is 17.4 Å². The molecule has 0 saturated heterocycles. The number of carbonyl (C=O) groups is 1. The Morgan fingerprint density at radius 2 is 1.77 bits per heavy atom. The number of aldehydes is 1. The van der Waals surface area contributed by atoms with Crippen LogP contribution >= 0.6 is 0 Å². The monoisotopic (exact) mass is 422 g/mol. The lowest BCUT2D eigenvalue weighted by Gasteiger charge is -2.26. The first-order chi connectivity index (χ1) is 15.0. The number of carbonyl (C=O) groups excluding carboxylic acids is 1. The molecule has 0 amide bonds. The molecule has 31 heavy (non-hydrogen) atoms. The summed E-state index contributed by atoms with van der Waals surface area (Å²) in [6.07, 6.45) is 5.22. The minimum atomic E-state index is 0.230. The van der Waals surface area contributed by atoms with E-state index in [0.717, 1.165) is 77.9 Å². The van der Waals surface area contributed by atoms with Crippen LogP contribution in [0.4, 0.5) is 5.69 Å². The maximum absolute atomic E-state index is 11.1. The Morgan fingerprint density at radius 3 is 2.39 bits per heavy atom. The molecule has 4 rings (SSSR count). The number of ether oxygens (including phenoxy) is 2. The van der Waals surface area contributed by atoms with Crippen LogP contribution in [0.15, 0.2) is 28.7 Å². The smallest absolute Gasteiger partial charge is 0.162 e. The van der Waals surface area contributed by atoms with E-state index in [1.807, 2.05) is 32.0 Å². The molecule has 2 aromatic heterocycles. The SMILES string of the molecule is COc1cc2nc(-c3cc(C)oc3C)cc(NCC3CCC(C=O)CC3)c2cc1OC. The van der Waals surface area contributed by atoms with Gasteiger partial charge in [-0.1, -0.05) is 0 Å². The van der Waals surface area contributed by atoms with Crippen LogP contribution in [-0.2, 0) is 4.79 Å². The van der Waals surface area contributed by atoms with Gasteiger partial charge in [-0.3, -0.25) is 0 Å². The predicted molar refractivity (Wildman–Crippen MR) is 122 cm³/mol. The number of methoxy groups -OCH3 is 2. The quantitative estimate of drug-likeness (QED) is 0.504. The number of pyridine rings is 1. The largest absolute Gasteiger partial charge is 0.493 e. The molecule has 1 aliphatic rings. The molecule has 2 heterocycles. The number of aromatic nitrogens is 1. The topological polar surface area (TPSA) is 73.6 Å². The number of fused-ring (bicyclic) bond motifs is 1. The summed E-state index contributed by atoms with van der Waals surface area (Å²) in [5.41, 5.74) is 3.70. The van der Waals surface area contributed by atoms with Crippen LogP contribution in [0.5, 0.6) is 11.5 Å². The van der Waals surface area contributed by atoms with Crippen LogP contribution in [-0.4, -0.2) is 32.0 Å². The molecular formula is C25H30N2O4. The summed E-state index contributed by atoms with van der Waals surface area (Å²) in [5.74, 6) is 3.83. The number of rotatable bonds is 7. The Hall–Kier alpha value is -3.02. The predicted octanol–water partition coefficient (Wildman–Crippen LogP) is 5.55. The van der Waals surface area contributed by atoms with E-state index in [9.17, 15) is 4.79 Å². The fraction of sp³-hybridized carbons (Fsp3) is 0.440. The van der Waals surface area contributed by atoms with Crippen molar-refractivity contribution in [1.29, 1.82) is 0 Å². The highest BCUT2D eigenvalue weighted by atomic mass is 16.5. The molecule has 6 heteroatoms. The zero-order chi connectivity index (χ0) is 22.0. The van der Waals surface area contributed by atoms with Gasteiger partial charge in [0, 0.05) is 35.2 Å². The summed E-state index contributed by atoms with van der Waals surface area (Å²) < 4.78 is 16.8. The maximum Gasteiger partial charge on any atom is 0.162 e. The molecule has 1 aliphatic carbocycles. The van der Waals surface area contributed by atoms with Gasteiger partial charge in [0.2, 0.25) is 0 Å². The highest BCUT2D eigenvalue weighted by molar-refractivity contribution is 5.96. The van der Waals surface area contributed by atoms with E-state index in [4.69, 9.17) is 18.9 Å². The third kappa shape index (κ3) is 4.38. The number of hydrogen-bond acceptors (Lipinski definition) is 6. The molecule has 0 radical (unpaired) electrons. The summed E-state index contributed by atoms with van der Waals surface area (Å²) >= 11 is 0. The number of furan rings is 1. The van der Waals surface area contributed by atoms with Gasteiger partial charge in [-0.25, -0.2) is 4.98 Å². The van der Waals surface area contributed by atoms with Crippen molar-refractivity contribution in [2.45, 2.75) is 39.5 Å². The van der Waals surface area contributed by atoms with Gasteiger partial charge < -0.3 is 24.0 Å². The average Bonchev–Trinajstić information content (AvgIpc) is 3.14. The first-order valence-electron chi connectivity index (χ1n) is 10.9. The fourth-order valence-corrected chi connectivity index (χ4v) is 4.51. The highest BCUT2D eigenvalue weighted by Gasteiger charge is 2.21. The van der Waals surface area contributed by atoms with Gasteiger partial charge in [0.25, 0.3) is 0 Å². The number of nitrogens with zero attached hydrogens (tertiary/aromatic N) is 1. The Kier molecular flexibility index (Phi) is 6.16. The molecular weight excluding hydrogens is 392 g/mol. The first-order valence-corrected chi connectivity index (χ1v) is 10.9. The average molecular weight is 423 g/mol. The van der Waals surface area contributed by atoms with Gasteiger partial charge in [0.05, 0.1) is 25.4 Å². The molecule has 1 N–H and O–H groups in total. The van der Waals surface area contributed by atoms with Crippen molar-refractivity contribution in [3.8, 4) is 22.8 Å². The zero-order valence-corrected chi connectivity index (χ0v) is 18.7. The summed E-state index contributed by atoms with van der Waals surface area (Å²) in [4.78, 5) is 16.0. The van der Waals surface area contributed by atoms with Crippen LogP contribution in [0, 0.1) is 25.7 Å². The van der Waals surface area contributed by atoms with E-state index in [-0.39, 0.29) is 5.92 Å². The molecule has 0 atom stereocenters. The van der Waals surface area contributed by atoms with Gasteiger partial charge in [0.15, 0.2) is 11.5 Å². The second kappa shape index (κ2) is 9.00. The third-order valence-corrected chi connectivity index (χ3v) is 6.30.